The first-order valence-electron chi connectivity index (χ1n) is 7.43. The summed E-state index contributed by atoms with van der Waals surface area (Å²) in [5.41, 5.74) is 9.28. The van der Waals surface area contributed by atoms with Gasteiger partial charge in [-0.15, -0.1) is 0 Å². The second-order valence-corrected chi connectivity index (χ2v) is 5.41. The van der Waals surface area contributed by atoms with Crippen molar-refractivity contribution in [2.24, 2.45) is 5.73 Å². The molecule has 2 N–H and O–H groups in total. The third kappa shape index (κ3) is 1.97. The lowest BCUT2D eigenvalue weighted by Gasteiger charge is -2.13. The number of hydrogen-bond acceptors (Lipinski definition) is 2. The maximum absolute atomic E-state index is 6.00. The van der Waals surface area contributed by atoms with Crippen molar-refractivity contribution in [3.63, 3.8) is 0 Å². The molecule has 1 aromatic heterocycles. The van der Waals surface area contributed by atoms with Gasteiger partial charge >= 0.3 is 0 Å². The van der Waals surface area contributed by atoms with Crippen LogP contribution in [0.25, 0.3) is 32.8 Å². The average molecular weight is 284 g/mol. The molecule has 0 aliphatic heterocycles. The Bertz CT molecular complexity index is 968. The predicted molar refractivity (Wildman–Crippen MR) is 92.6 cm³/mol. The number of aromatic nitrogens is 1. The summed E-state index contributed by atoms with van der Waals surface area (Å²) in [5, 5.41) is 4.78. The van der Waals surface area contributed by atoms with E-state index in [0.29, 0.717) is 6.54 Å². The van der Waals surface area contributed by atoms with Crippen molar-refractivity contribution < 1.29 is 0 Å². The van der Waals surface area contributed by atoms with Gasteiger partial charge in [-0.3, -0.25) is 4.98 Å². The first-order chi connectivity index (χ1) is 10.9. The Morgan fingerprint density at radius 1 is 0.727 bits per heavy atom. The van der Waals surface area contributed by atoms with Crippen LogP contribution in [0.15, 0.2) is 72.9 Å². The fraction of sp³-hybridized carbons (Fsp3) is 0.0500. The van der Waals surface area contributed by atoms with E-state index >= 15 is 0 Å². The number of fused-ring (bicyclic) bond motifs is 2. The third-order valence-corrected chi connectivity index (χ3v) is 4.15. The van der Waals surface area contributed by atoms with Crippen molar-refractivity contribution in [1.82, 2.24) is 4.98 Å². The van der Waals surface area contributed by atoms with E-state index in [2.05, 4.69) is 65.6 Å². The van der Waals surface area contributed by atoms with Gasteiger partial charge in [-0.2, -0.15) is 0 Å². The Morgan fingerprint density at radius 2 is 1.41 bits per heavy atom. The van der Waals surface area contributed by atoms with E-state index in [0.717, 1.165) is 22.2 Å². The van der Waals surface area contributed by atoms with Crippen molar-refractivity contribution in [1.29, 1.82) is 0 Å². The summed E-state index contributed by atoms with van der Waals surface area (Å²) in [4.78, 5) is 4.68. The van der Waals surface area contributed by atoms with Gasteiger partial charge in [0.2, 0.25) is 0 Å². The number of hydrogen-bond donors (Lipinski definition) is 1. The molecule has 1 heterocycles. The maximum Gasteiger partial charge on any atom is 0.0789 e. The largest absolute Gasteiger partial charge is 0.326 e. The zero-order chi connectivity index (χ0) is 14.9. The van der Waals surface area contributed by atoms with Gasteiger partial charge in [0.25, 0.3) is 0 Å². The SMILES string of the molecule is NCc1ccc2ccccc2c1-c1nccc2ccccc12. The highest BCUT2D eigenvalue weighted by molar-refractivity contribution is 6.05. The van der Waals surface area contributed by atoms with E-state index in [-0.39, 0.29) is 0 Å². The van der Waals surface area contributed by atoms with Crippen LogP contribution in [0, 0.1) is 0 Å². The van der Waals surface area contributed by atoms with Crippen LogP contribution in [0.2, 0.25) is 0 Å². The van der Waals surface area contributed by atoms with E-state index in [1.807, 2.05) is 12.3 Å². The molecule has 2 nitrogen and oxygen atoms in total. The highest BCUT2D eigenvalue weighted by Crippen LogP contribution is 2.34. The Kier molecular flexibility index (Phi) is 3.10. The van der Waals surface area contributed by atoms with E-state index in [1.165, 1.54) is 16.2 Å². The molecule has 0 radical (unpaired) electrons. The fourth-order valence-corrected chi connectivity index (χ4v) is 3.09. The lowest BCUT2D eigenvalue weighted by Crippen LogP contribution is -2.01. The molecule has 0 fully saturated rings. The molecule has 0 aliphatic carbocycles. The number of nitrogens with zero attached hydrogens (tertiary/aromatic N) is 1. The molecule has 0 atom stereocenters. The van der Waals surface area contributed by atoms with Crippen molar-refractivity contribution in [3.8, 4) is 11.3 Å². The molecule has 0 bridgehead atoms. The topological polar surface area (TPSA) is 38.9 Å². The molecular formula is C20H16N2. The van der Waals surface area contributed by atoms with Gasteiger partial charge in [0.15, 0.2) is 0 Å². The molecule has 22 heavy (non-hydrogen) atoms. The Labute approximate surface area is 129 Å². The first kappa shape index (κ1) is 13.0. The number of benzene rings is 3. The molecule has 0 spiro atoms. The van der Waals surface area contributed by atoms with Crippen molar-refractivity contribution in [2.75, 3.05) is 0 Å². The van der Waals surface area contributed by atoms with E-state index < -0.39 is 0 Å². The van der Waals surface area contributed by atoms with Crippen LogP contribution in [0.4, 0.5) is 0 Å². The summed E-state index contributed by atoms with van der Waals surface area (Å²) in [6.45, 7) is 0.505. The van der Waals surface area contributed by atoms with Crippen LogP contribution in [-0.4, -0.2) is 4.98 Å². The van der Waals surface area contributed by atoms with Gasteiger partial charge in [0.05, 0.1) is 5.69 Å². The monoisotopic (exact) mass is 284 g/mol. The summed E-state index contributed by atoms with van der Waals surface area (Å²) >= 11 is 0. The summed E-state index contributed by atoms with van der Waals surface area (Å²) in [6.07, 6.45) is 1.87. The summed E-state index contributed by atoms with van der Waals surface area (Å²) in [7, 11) is 0. The number of nitrogens with two attached hydrogens (primary N) is 1. The van der Waals surface area contributed by atoms with E-state index in [1.54, 1.807) is 0 Å². The van der Waals surface area contributed by atoms with Gasteiger partial charge in [-0.25, -0.2) is 0 Å². The zero-order valence-corrected chi connectivity index (χ0v) is 12.2. The van der Waals surface area contributed by atoms with Crippen molar-refractivity contribution in [2.45, 2.75) is 6.54 Å². The van der Waals surface area contributed by atoms with Crippen molar-refractivity contribution >= 4 is 21.5 Å². The third-order valence-electron chi connectivity index (χ3n) is 4.15. The van der Waals surface area contributed by atoms with Crippen LogP contribution < -0.4 is 5.73 Å². The molecule has 0 saturated heterocycles. The predicted octanol–water partition coefficient (Wildman–Crippen LogP) is 4.51. The summed E-state index contributed by atoms with van der Waals surface area (Å²) in [6, 6.07) is 23.0. The quantitative estimate of drug-likeness (QED) is 0.588. The van der Waals surface area contributed by atoms with Gasteiger partial charge < -0.3 is 5.73 Å². The van der Waals surface area contributed by atoms with Gasteiger partial charge in [-0.05, 0) is 27.8 Å². The molecule has 4 aromatic rings. The zero-order valence-electron chi connectivity index (χ0n) is 12.2. The maximum atomic E-state index is 6.00. The first-order valence-corrected chi connectivity index (χ1v) is 7.43. The van der Waals surface area contributed by atoms with Gasteiger partial charge in [0.1, 0.15) is 0 Å². The summed E-state index contributed by atoms with van der Waals surface area (Å²) < 4.78 is 0. The Balaban J connectivity index is 2.16. The minimum absolute atomic E-state index is 0.505. The highest BCUT2D eigenvalue weighted by atomic mass is 14.7. The van der Waals surface area contributed by atoms with Crippen LogP contribution in [-0.2, 0) is 6.54 Å². The molecule has 0 saturated carbocycles. The Hall–Kier alpha value is -2.71. The average Bonchev–Trinajstić information content (AvgIpc) is 2.60. The molecule has 2 heteroatoms. The molecule has 4 rings (SSSR count). The van der Waals surface area contributed by atoms with E-state index in [4.69, 9.17) is 5.73 Å². The standard InChI is InChI=1S/C20H16N2/c21-13-16-10-9-14-5-1-3-7-17(14)19(16)20-18-8-4-2-6-15(18)11-12-22-20/h1-12H,13,21H2. The molecule has 0 unspecified atom stereocenters. The second kappa shape index (κ2) is 5.24. The van der Waals surface area contributed by atoms with Crippen LogP contribution in [0.5, 0.6) is 0 Å². The number of pyridine rings is 1. The van der Waals surface area contributed by atoms with Gasteiger partial charge in [0, 0.05) is 23.7 Å². The van der Waals surface area contributed by atoms with Crippen LogP contribution >= 0.6 is 0 Å². The molecule has 0 amide bonds. The smallest absolute Gasteiger partial charge is 0.0789 e. The second-order valence-electron chi connectivity index (χ2n) is 5.41. The normalized spacial score (nSPS) is 11.1. The minimum Gasteiger partial charge on any atom is -0.326 e. The van der Waals surface area contributed by atoms with Crippen LogP contribution in [0.3, 0.4) is 0 Å². The highest BCUT2D eigenvalue weighted by Gasteiger charge is 2.12. The van der Waals surface area contributed by atoms with Crippen LogP contribution in [0.1, 0.15) is 5.56 Å². The molecule has 0 aliphatic rings. The lowest BCUT2D eigenvalue weighted by atomic mass is 9.93. The summed E-state index contributed by atoms with van der Waals surface area (Å²) in [5.74, 6) is 0. The van der Waals surface area contributed by atoms with Crippen molar-refractivity contribution in [3.05, 3.63) is 78.5 Å². The number of rotatable bonds is 2. The fourth-order valence-electron chi connectivity index (χ4n) is 3.09. The molecule has 106 valence electrons. The van der Waals surface area contributed by atoms with Gasteiger partial charge in [-0.1, -0.05) is 60.7 Å². The molecule has 3 aromatic carbocycles. The molecular weight excluding hydrogens is 268 g/mol. The van der Waals surface area contributed by atoms with E-state index in [9.17, 15) is 0 Å². The minimum atomic E-state index is 0.505. The lowest BCUT2D eigenvalue weighted by molar-refractivity contribution is 1.07. The Morgan fingerprint density at radius 3 is 2.18 bits per heavy atom.